The van der Waals surface area contributed by atoms with E-state index in [1.165, 1.54) is 0 Å². The second-order valence-corrected chi connectivity index (χ2v) is 5.07. The van der Waals surface area contributed by atoms with E-state index in [-0.39, 0.29) is 5.54 Å². The molecule has 0 aromatic heterocycles. The van der Waals surface area contributed by atoms with Crippen molar-refractivity contribution in [2.24, 2.45) is 0 Å². The molecule has 12 heavy (non-hydrogen) atoms. The fourth-order valence-corrected chi connectivity index (χ4v) is 1.64. The van der Waals surface area contributed by atoms with Crippen LogP contribution in [0.5, 0.6) is 0 Å². The van der Waals surface area contributed by atoms with Crippen LogP contribution < -0.4 is 0 Å². The average molecular weight is 173 g/mol. The summed E-state index contributed by atoms with van der Waals surface area (Å²) < 4.78 is 13.4. The van der Waals surface area contributed by atoms with Crippen molar-refractivity contribution in [1.82, 2.24) is 4.90 Å². The highest BCUT2D eigenvalue weighted by Crippen LogP contribution is 2.29. The summed E-state index contributed by atoms with van der Waals surface area (Å²) in [7, 11) is 0. The number of likely N-dealkylation sites (tertiary alicyclic amines) is 1. The van der Waals surface area contributed by atoms with Crippen molar-refractivity contribution in [3.05, 3.63) is 0 Å². The van der Waals surface area contributed by atoms with Gasteiger partial charge in [0.2, 0.25) is 0 Å². The maximum absolute atomic E-state index is 13.4. The lowest BCUT2D eigenvalue weighted by atomic mass is 9.92. The van der Waals surface area contributed by atoms with Gasteiger partial charge in [0, 0.05) is 18.6 Å². The Labute approximate surface area is 74.9 Å². The molecule has 1 rings (SSSR count). The summed E-state index contributed by atoms with van der Waals surface area (Å²) in [4.78, 5) is 2.36. The standard InChI is InChI=1S/C10H20FN/c1-9(2,3)12-7-5-10(4,11)6-8-12/h5-8H2,1-4H3. The van der Waals surface area contributed by atoms with Crippen molar-refractivity contribution in [2.75, 3.05) is 13.1 Å². The predicted molar refractivity (Wildman–Crippen MR) is 50.1 cm³/mol. The van der Waals surface area contributed by atoms with Crippen LogP contribution in [0.3, 0.4) is 0 Å². The van der Waals surface area contributed by atoms with Gasteiger partial charge >= 0.3 is 0 Å². The molecule has 0 bridgehead atoms. The molecule has 2 heteroatoms. The molecular formula is C10H20FN. The highest BCUT2D eigenvalue weighted by Gasteiger charge is 2.33. The van der Waals surface area contributed by atoms with Crippen LogP contribution in [0.25, 0.3) is 0 Å². The molecule has 0 atom stereocenters. The van der Waals surface area contributed by atoms with Crippen LogP contribution in [-0.2, 0) is 0 Å². The van der Waals surface area contributed by atoms with Crippen molar-refractivity contribution in [2.45, 2.75) is 51.7 Å². The summed E-state index contributed by atoms with van der Waals surface area (Å²) in [5.41, 5.74) is -0.710. The molecule has 0 spiro atoms. The third-order valence-electron chi connectivity index (χ3n) is 2.75. The highest BCUT2D eigenvalue weighted by atomic mass is 19.1. The van der Waals surface area contributed by atoms with Gasteiger partial charge in [0.05, 0.1) is 0 Å². The third kappa shape index (κ3) is 2.44. The first-order chi connectivity index (χ1) is 5.31. The van der Waals surface area contributed by atoms with E-state index >= 15 is 0 Å². The SMILES string of the molecule is CC1(F)CCN(C(C)(C)C)CC1. The largest absolute Gasteiger partial charge is 0.298 e. The first-order valence-electron chi connectivity index (χ1n) is 4.75. The summed E-state index contributed by atoms with van der Waals surface area (Å²) in [5.74, 6) is 0. The van der Waals surface area contributed by atoms with Crippen LogP contribution in [0.1, 0.15) is 40.5 Å². The smallest absolute Gasteiger partial charge is 0.110 e. The molecule has 0 unspecified atom stereocenters. The molecule has 0 amide bonds. The molecule has 72 valence electrons. The zero-order valence-electron chi connectivity index (χ0n) is 8.65. The third-order valence-corrected chi connectivity index (χ3v) is 2.75. The fraction of sp³-hybridized carbons (Fsp3) is 1.00. The van der Waals surface area contributed by atoms with Gasteiger partial charge in [-0.2, -0.15) is 0 Å². The predicted octanol–water partition coefficient (Wildman–Crippen LogP) is 2.61. The number of piperidine rings is 1. The molecular weight excluding hydrogens is 153 g/mol. The normalized spacial score (nSPS) is 25.8. The van der Waals surface area contributed by atoms with Crippen LogP contribution in [0, 0.1) is 0 Å². The summed E-state index contributed by atoms with van der Waals surface area (Å²) in [6.07, 6.45) is 1.37. The Bertz CT molecular complexity index is 148. The first-order valence-corrected chi connectivity index (χ1v) is 4.75. The van der Waals surface area contributed by atoms with Crippen molar-refractivity contribution < 1.29 is 4.39 Å². The lowest BCUT2D eigenvalue weighted by Crippen LogP contribution is -2.49. The molecule has 1 nitrogen and oxygen atoms in total. The molecule has 1 aliphatic heterocycles. The Morgan fingerprint density at radius 3 is 1.92 bits per heavy atom. The molecule has 0 aromatic carbocycles. The summed E-state index contributed by atoms with van der Waals surface area (Å²) in [6, 6.07) is 0. The molecule has 0 N–H and O–H groups in total. The van der Waals surface area contributed by atoms with Gasteiger partial charge in [-0.25, -0.2) is 4.39 Å². The Hall–Kier alpha value is -0.110. The van der Waals surface area contributed by atoms with E-state index < -0.39 is 5.67 Å². The number of hydrogen-bond donors (Lipinski definition) is 0. The molecule has 0 aliphatic carbocycles. The van der Waals surface area contributed by atoms with Gasteiger partial charge in [-0.15, -0.1) is 0 Å². The Kier molecular flexibility index (Phi) is 2.48. The van der Waals surface area contributed by atoms with E-state index in [0.29, 0.717) is 12.8 Å². The van der Waals surface area contributed by atoms with Gasteiger partial charge in [-0.3, -0.25) is 4.90 Å². The van der Waals surface area contributed by atoms with E-state index in [9.17, 15) is 4.39 Å². The number of nitrogens with zero attached hydrogens (tertiary/aromatic N) is 1. The van der Waals surface area contributed by atoms with Crippen LogP contribution in [0.4, 0.5) is 4.39 Å². The van der Waals surface area contributed by atoms with Gasteiger partial charge in [-0.1, -0.05) is 0 Å². The van der Waals surface area contributed by atoms with Crippen LogP contribution in [0.15, 0.2) is 0 Å². The molecule has 1 heterocycles. The quantitative estimate of drug-likeness (QED) is 0.544. The molecule has 1 aliphatic rings. The summed E-state index contributed by atoms with van der Waals surface area (Å²) >= 11 is 0. The fourth-order valence-electron chi connectivity index (χ4n) is 1.64. The van der Waals surface area contributed by atoms with Gasteiger partial charge in [-0.05, 0) is 40.5 Å². The molecule has 0 radical (unpaired) electrons. The van der Waals surface area contributed by atoms with E-state index in [4.69, 9.17) is 0 Å². The summed E-state index contributed by atoms with van der Waals surface area (Å²) in [6.45, 7) is 10.1. The number of alkyl halides is 1. The van der Waals surface area contributed by atoms with E-state index in [2.05, 4.69) is 25.7 Å². The van der Waals surface area contributed by atoms with Crippen LogP contribution in [-0.4, -0.2) is 29.2 Å². The highest BCUT2D eigenvalue weighted by molar-refractivity contribution is 4.87. The van der Waals surface area contributed by atoms with Crippen molar-refractivity contribution in [3.63, 3.8) is 0 Å². The molecule has 1 fully saturated rings. The van der Waals surface area contributed by atoms with Crippen molar-refractivity contribution >= 4 is 0 Å². The maximum atomic E-state index is 13.4. The van der Waals surface area contributed by atoms with E-state index in [1.807, 2.05) is 0 Å². The molecule has 0 saturated carbocycles. The van der Waals surface area contributed by atoms with Crippen molar-refractivity contribution in [1.29, 1.82) is 0 Å². The van der Waals surface area contributed by atoms with Gasteiger partial charge in [0.25, 0.3) is 0 Å². The monoisotopic (exact) mass is 173 g/mol. The van der Waals surface area contributed by atoms with E-state index in [0.717, 1.165) is 13.1 Å². The Morgan fingerprint density at radius 1 is 1.17 bits per heavy atom. The van der Waals surface area contributed by atoms with Crippen LogP contribution in [0.2, 0.25) is 0 Å². The number of hydrogen-bond acceptors (Lipinski definition) is 1. The molecule has 1 saturated heterocycles. The minimum absolute atomic E-state index is 0.205. The second-order valence-electron chi connectivity index (χ2n) is 5.07. The van der Waals surface area contributed by atoms with Gasteiger partial charge in [0.1, 0.15) is 5.67 Å². The minimum atomic E-state index is -0.915. The first kappa shape index (κ1) is 9.97. The second kappa shape index (κ2) is 2.99. The van der Waals surface area contributed by atoms with E-state index in [1.54, 1.807) is 6.92 Å². The number of halogens is 1. The van der Waals surface area contributed by atoms with Gasteiger partial charge in [0.15, 0.2) is 0 Å². The Balaban J connectivity index is 2.47. The minimum Gasteiger partial charge on any atom is -0.298 e. The topological polar surface area (TPSA) is 3.24 Å². The zero-order chi connectivity index (χ0) is 9.41. The van der Waals surface area contributed by atoms with Gasteiger partial charge < -0.3 is 0 Å². The maximum Gasteiger partial charge on any atom is 0.110 e. The average Bonchev–Trinajstić information content (AvgIpc) is 1.83. The lowest BCUT2D eigenvalue weighted by Gasteiger charge is -2.42. The summed E-state index contributed by atoms with van der Waals surface area (Å²) in [5, 5.41) is 0. The molecule has 0 aromatic rings. The van der Waals surface area contributed by atoms with Crippen molar-refractivity contribution in [3.8, 4) is 0 Å². The van der Waals surface area contributed by atoms with Crippen LogP contribution >= 0.6 is 0 Å². The number of rotatable bonds is 0. The Morgan fingerprint density at radius 2 is 1.58 bits per heavy atom. The lowest BCUT2D eigenvalue weighted by molar-refractivity contribution is 0.0280. The zero-order valence-corrected chi connectivity index (χ0v) is 8.65.